The summed E-state index contributed by atoms with van der Waals surface area (Å²) >= 11 is 0. The third-order valence-electron chi connectivity index (χ3n) is 4.80. The Bertz CT molecular complexity index is 1410. The molecule has 128 valence electrons. The Kier molecular flexibility index (Phi) is 2.82. The van der Waals surface area contributed by atoms with Gasteiger partial charge < -0.3 is 13.8 Å². The van der Waals surface area contributed by atoms with Gasteiger partial charge in [0.05, 0.1) is 11.0 Å². The van der Waals surface area contributed by atoms with Crippen molar-refractivity contribution in [3.05, 3.63) is 73.1 Å². The van der Waals surface area contributed by atoms with Crippen LogP contribution in [-0.2, 0) is 0 Å². The highest BCUT2D eigenvalue weighted by Gasteiger charge is 2.11. The molecule has 6 rings (SSSR count). The highest BCUT2D eigenvalue weighted by molar-refractivity contribution is 5.88. The molecule has 0 aliphatic rings. The molecule has 0 unspecified atom stereocenters. The number of aromatic amines is 1. The second kappa shape index (κ2) is 5.32. The average Bonchev–Trinajstić information content (AvgIpc) is 3.42. The molecule has 0 aliphatic carbocycles. The number of hydrogen-bond donors (Lipinski definition) is 1. The molecular weight excluding hydrogens is 338 g/mol. The maximum atomic E-state index is 5.98. The van der Waals surface area contributed by atoms with Crippen LogP contribution in [0, 0.1) is 0 Å². The van der Waals surface area contributed by atoms with Gasteiger partial charge in [-0.15, -0.1) is 0 Å². The van der Waals surface area contributed by atoms with Crippen LogP contribution in [0.4, 0.5) is 0 Å². The molecule has 27 heavy (non-hydrogen) atoms. The van der Waals surface area contributed by atoms with Crippen LogP contribution in [0.25, 0.3) is 55.8 Å². The van der Waals surface area contributed by atoms with Gasteiger partial charge in [0.2, 0.25) is 0 Å². The van der Waals surface area contributed by atoms with E-state index in [4.69, 9.17) is 13.8 Å². The zero-order valence-corrected chi connectivity index (χ0v) is 14.1. The number of rotatable bonds is 2. The van der Waals surface area contributed by atoms with Gasteiger partial charge in [0.15, 0.2) is 12.0 Å². The van der Waals surface area contributed by atoms with E-state index in [9.17, 15) is 0 Å². The maximum absolute atomic E-state index is 5.98. The quantitative estimate of drug-likeness (QED) is 0.429. The summed E-state index contributed by atoms with van der Waals surface area (Å²) in [6, 6.07) is 22.0. The van der Waals surface area contributed by atoms with Crippen molar-refractivity contribution >= 4 is 33.1 Å². The lowest BCUT2D eigenvalue weighted by Crippen LogP contribution is -1.79. The number of hydrogen-bond acceptors (Lipinski definition) is 4. The van der Waals surface area contributed by atoms with E-state index in [1.807, 2.05) is 60.7 Å². The van der Waals surface area contributed by atoms with Crippen molar-refractivity contribution in [2.24, 2.45) is 0 Å². The predicted molar refractivity (Wildman–Crippen MR) is 104 cm³/mol. The normalized spacial score (nSPS) is 11.7. The van der Waals surface area contributed by atoms with E-state index >= 15 is 0 Å². The molecule has 0 fully saturated rings. The molecule has 3 aromatic heterocycles. The fraction of sp³-hybridized carbons (Fsp3) is 0. The van der Waals surface area contributed by atoms with E-state index in [0.717, 1.165) is 55.8 Å². The molecule has 0 aliphatic heterocycles. The molecule has 5 heteroatoms. The first-order valence-electron chi connectivity index (χ1n) is 8.66. The van der Waals surface area contributed by atoms with E-state index < -0.39 is 0 Å². The van der Waals surface area contributed by atoms with E-state index in [1.165, 1.54) is 6.39 Å². The van der Waals surface area contributed by atoms with Crippen molar-refractivity contribution in [1.29, 1.82) is 0 Å². The van der Waals surface area contributed by atoms with Crippen LogP contribution in [0.1, 0.15) is 0 Å². The van der Waals surface area contributed by atoms with Crippen LogP contribution in [-0.4, -0.2) is 15.0 Å². The van der Waals surface area contributed by atoms with Crippen LogP contribution in [0.15, 0.2) is 82.0 Å². The average molecular weight is 351 g/mol. The molecule has 0 amide bonds. The summed E-state index contributed by atoms with van der Waals surface area (Å²) in [6.07, 6.45) is 1.45. The lowest BCUT2D eigenvalue weighted by atomic mass is 10.1. The molecule has 0 bridgehead atoms. The number of benzene rings is 3. The van der Waals surface area contributed by atoms with E-state index in [-0.39, 0.29) is 0 Å². The summed E-state index contributed by atoms with van der Waals surface area (Å²) in [5.74, 6) is 1.63. The summed E-state index contributed by atoms with van der Waals surface area (Å²) in [6.45, 7) is 0. The molecule has 0 radical (unpaired) electrons. The van der Waals surface area contributed by atoms with E-state index in [1.54, 1.807) is 0 Å². The minimum absolute atomic E-state index is 0.746. The summed E-state index contributed by atoms with van der Waals surface area (Å²) in [5.41, 5.74) is 6.29. The minimum Gasteiger partial charge on any atom is -0.456 e. The Balaban J connectivity index is 1.46. The van der Waals surface area contributed by atoms with Gasteiger partial charge in [-0.3, -0.25) is 0 Å². The SMILES string of the molecule is c1ccc2oc(-c3ccc4[nH]c(-c5ccc6ncoc6c5)nc4c3)cc2c1. The van der Waals surface area contributed by atoms with Crippen molar-refractivity contribution in [3.63, 3.8) is 0 Å². The van der Waals surface area contributed by atoms with Crippen LogP contribution in [0.5, 0.6) is 0 Å². The first-order chi connectivity index (χ1) is 13.3. The zero-order chi connectivity index (χ0) is 17.8. The van der Waals surface area contributed by atoms with Gasteiger partial charge in [0.25, 0.3) is 0 Å². The molecule has 0 spiro atoms. The van der Waals surface area contributed by atoms with Crippen LogP contribution in [0.2, 0.25) is 0 Å². The topological polar surface area (TPSA) is 67.8 Å². The number of imidazole rings is 1. The van der Waals surface area contributed by atoms with Crippen LogP contribution in [0.3, 0.4) is 0 Å². The maximum Gasteiger partial charge on any atom is 0.181 e. The molecule has 3 aromatic carbocycles. The largest absolute Gasteiger partial charge is 0.456 e. The molecule has 3 heterocycles. The summed E-state index contributed by atoms with van der Waals surface area (Å²) < 4.78 is 11.4. The molecule has 6 aromatic rings. The fourth-order valence-corrected chi connectivity index (χ4v) is 3.42. The first kappa shape index (κ1) is 14.3. The Morgan fingerprint density at radius 2 is 1.70 bits per heavy atom. The van der Waals surface area contributed by atoms with Crippen molar-refractivity contribution in [2.45, 2.75) is 0 Å². The van der Waals surface area contributed by atoms with Crippen molar-refractivity contribution in [2.75, 3.05) is 0 Å². The molecule has 0 saturated heterocycles. The predicted octanol–water partition coefficient (Wildman–Crippen LogP) is 5.78. The Morgan fingerprint density at radius 3 is 2.67 bits per heavy atom. The first-order valence-corrected chi connectivity index (χ1v) is 8.66. The molecule has 0 atom stereocenters. The zero-order valence-electron chi connectivity index (χ0n) is 14.1. The third kappa shape index (κ3) is 2.25. The molecule has 1 N–H and O–H groups in total. The Labute approximate surface area is 153 Å². The van der Waals surface area contributed by atoms with Gasteiger partial charge in [-0.2, -0.15) is 0 Å². The lowest BCUT2D eigenvalue weighted by molar-refractivity contribution is 0.602. The number of nitrogens with one attached hydrogen (secondary N) is 1. The van der Waals surface area contributed by atoms with Gasteiger partial charge in [-0.25, -0.2) is 9.97 Å². The van der Waals surface area contributed by atoms with E-state index in [2.05, 4.69) is 16.0 Å². The number of nitrogens with zero attached hydrogens (tertiary/aromatic N) is 2. The number of para-hydroxylation sites is 1. The second-order valence-corrected chi connectivity index (χ2v) is 6.50. The van der Waals surface area contributed by atoms with Gasteiger partial charge in [-0.05, 0) is 48.5 Å². The molecule has 5 nitrogen and oxygen atoms in total. The standard InChI is InChI=1S/C22H13N3O2/c1-2-4-19-13(3-1)10-20(27-19)14-5-7-16-18(9-14)25-22(24-16)15-6-8-17-21(11-15)26-12-23-17/h1-12H,(H,24,25). The molecule has 0 saturated carbocycles. The fourth-order valence-electron chi connectivity index (χ4n) is 3.42. The molecular formula is C22H13N3O2. The highest BCUT2D eigenvalue weighted by Crippen LogP contribution is 2.31. The van der Waals surface area contributed by atoms with Gasteiger partial charge in [-0.1, -0.05) is 18.2 Å². The number of fused-ring (bicyclic) bond motifs is 3. The van der Waals surface area contributed by atoms with Crippen molar-refractivity contribution < 1.29 is 8.83 Å². The van der Waals surface area contributed by atoms with Gasteiger partial charge >= 0.3 is 0 Å². The monoisotopic (exact) mass is 351 g/mol. The lowest BCUT2D eigenvalue weighted by Gasteiger charge is -1.95. The van der Waals surface area contributed by atoms with Crippen LogP contribution >= 0.6 is 0 Å². The van der Waals surface area contributed by atoms with Crippen molar-refractivity contribution in [1.82, 2.24) is 15.0 Å². The number of aromatic nitrogens is 3. The Morgan fingerprint density at radius 1 is 0.778 bits per heavy atom. The second-order valence-electron chi connectivity index (χ2n) is 6.50. The van der Waals surface area contributed by atoms with E-state index in [0.29, 0.717) is 0 Å². The number of H-pyrrole nitrogens is 1. The summed E-state index contributed by atoms with van der Waals surface area (Å²) in [4.78, 5) is 12.3. The third-order valence-corrected chi connectivity index (χ3v) is 4.80. The van der Waals surface area contributed by atoms with Gasteiger partial charge in [0, 0.05) is 16.5 Å². The van der Waals surface area contributed by atoms with Crippen molar-refractivity contribution in [3.8, 4) is 22.7 Å². The highest BCUT2D eigenvalue weighted by atomic mass is 16.3. The number of oxazole rings is 1. The number of furan rings is 1. The summed E-state index contributed by atoms with van der Waals surface area (Å²) in [7, 11) is 0. The summed E-state index contributed by atoms with van der Waals surface area (Å²) in [5, 5.41) is 1.09. The smallest absolute Gasteiger partial charge is 0.181 e. The van der Waals surface area contributed by atoms with Gasteiger partial charge in [0.1, 0.15) is 22.7 Å². The van der Waals surface area contributed by atoms with Crippen LogP contribution < -0.4 is 0 Å². The Hall–Kier alpha value is -3.86. The minimum atomic E-state index is 0.746.